The number of ether oxygens (including phenoxy) is 1. The Morgan fingerprint density at radius 3 is 2.78 bits per heavy atom. The summed E-state index contributed by atoms with van der Waals surface area (Å²) < 4.78 is 6.24. The molecule has 2 saturated heterocycles. The third kappa shape index (κ3) is 5.13. The fraction of sp³-hybridized carbons (Fsp3) is 0.842. The van der Waals surface area contributed by atoms with Crippen LogP contribution in [0.15, 0.2) is 12.3 Å². The topological polar surface area (TPSA) is 86.1 Å². The van der Waals surface area contributed by atoms with Crippen LogP contribution < -0.4 is 16.4 Å². The molecular formula is C19H36N6O2. The lowest BCUT2D eigenvalue weighted by Crippen LogP contribution is -2.59. The van der Waals surface area contributed by atoms with Crippen LogP contribution in [0.5, 0.6) is 0 Å². The number of urea groups is 1. The van der Waals surface area contributed by atoms with Crippen molar-refractivity contribution in [1.29, 1.82) is 0 Å². The van der Waals surface area contributed by atoms with Gasteiger partial charge in [0, 0.05) is 38.8 Å². The van der Waals surface area contributed by atoms with Gasteiger partial charge in [-0.05, 0) is 45.9 Å². The number of nitrogens with two attached hydrogens (primary N) is 1. The summed E-state index contributed by atoms with van der Waals surface area (Å²) in [4.78, 5) is 19.0. The summed E-state index contributed by atoms with van der Waals surface area (Å²) in [7, 11) is 2.14. The van der Waals surface area contributed by atoms with Crippen molar-refractivity contribution in [1.82, 2.24) is 25.3 Å². The van der Waals surface area contributed by atoms with Gasteiger partial charge in [-0.15, -0.1) is 0 Å². The average Bonchev–Trinajstić information content (AvgIpc) is 2.68. The molecule has 2 fully saturated rings. The minimum Gasteiger partial charge on any atom is -0.376 e. The third-order valence-corrected chi connectivity index (χ3v) is 5.92. The largest absolute Gasteiger partial charge is 0.376 e. The predicted molar refractivity (Wildman–Crippen MR) is 106 cm³/mol. The van der Waals surface area contributed by atoms with Gasteiger partial charge in [-0.1, -0.05) is 6.08 Å². The maximum Gasteiger partial charge on any atom is 0.317 e. The molecule has 8 nitrogen and oxygen atoms in total. The van der Waals surface area contributed by atoms with Gasteiger partial charge in [0.05, 0.1) is 18.8 Å². The number of rotatable bonds is 5. The highest BCUT2D eigenvalue weighted by Gasteiger charge is 2.34. The first-order valence-corrected chi connectivity index (χ1v) is 10.4. The molecule has 0 aliphatic carbocycles. The molecule has 3 aliphatic rings. The Kier molecular flexibility index (Phi) is 7.34. The summed E-state index contributed by atoms with van der Waals surface area (Å²) in [6, 6.07) is -0.0523. The van der Waals surface area contributed by atoms with Crippen LogP contribution in [0.3, 0.4) is 0 Å². The quantitative estimate of drug-likeness (QED) is 0.637. The molecule has 154 valence electrons. The summed E-state index contributed by atoms with van der Waals surface area (Å²) in [6.07, 6.45) is 8.65. The number of nitrogens with zero attached hydrogens (tertiary/aromatic N) is 3. The molecule has 0 saturated carbocycles. The van der Waals surface area contributed by atoms with Crippen LogP contribution in [0.25, 0.3) is 0 Å². The number of likely N-dealkylation sites (N-methyl/N-ethyl adjacent to an activating group) is 1. The van der Waals surface area contributed by atoms with Crippen molar-refractivity contribution < 1.29 is 9.53 Å². The van der Waals surface area contributed by atoms with E-state index >= 15 is 0 Å². The maximum atomic E-state index is 12.3. The zero-order valence-electron chi connectivity index (χ0n) is 16.8. The Morgan fingerprint density at radius 2 is 2.07 bits per heavy atom. The molecule has 3 rings (SSSR count). The van der Waals surface area contributed by atoms with E-state index in [2.05, 4.69) is 33.6 Å². The van der Waals surface area contributed by atoms with Crippen LogP contribution in [0.4, 0.5) is 4.79 Å². The molecule has 0 aromatic heterocycles. The van der Waals surface area contributed by atoms with E-state index in [0.717, 1.165) is 51.9 Å². The molecule has 4 N–H and O–H groups in total. The van der Waals surface area contributed by atoms with E-state index in [9.17, 15) is 4.79 Å². The Labute approximate surface area is 163 Å². The van der Waals surface area contributed by atoms with Crippen molar-refractivity contribution in [3.8, 4) is 0 Å². The summed E-state index contributed by atoms with van der Waals surface area (Å²) in [5.74, 6) is 0. The molecule has 0 bridgehead atoms. The Hall–Kier alpha value is -1.35. The summed E-state index contributed by atoms with van der Waals surface area (Å²) in [5.41, 5.74) is 6.32. The maximum absolute atomic E-state index is 12.3. The fourth-order valence-electron chi connectivity index (χ4n) is 4.31. The number of carbonyl (C=O) groups is 1. The van der Waals surface area contributed by atoms with E-state index in [1.54, 1.807) is 0 Å². The first-order chi connectivity index (χ1) is 13.1. The van der Waals surface area contributed by atoms with Crippen molar-refractivity contribution >= 4 is 6.03 Å². The van der Waals surface area contributed by atoms with Crippen LogP contribution in [0.1, 0.15) is 32.6 Å². The molecule has 3 heterocycles. The van der Waals surface area contributed by atoms with Crippen LogP contribution in [0.2, 0.25) is 0 Å². The van der Waals surface area contributed by atoms with Crippen LogP contribution in [-0.2, 0) is 4.74 Å². The van der Waals surface area contributed by atoms with E-state index in [4.69, 9.17) is 10.5 Å². The standard InChI is InChI=1S/C19H36N6O2/c1-3-21-19(26)25-11-4-6-16(20)17(25)14-27-15-7-12-24(13-8-15)18-22-9-5-10-23(18)2/h5,9,15-18,22H,3-4,6-8,10-14,20H2,1-2H3,(H,21,26). The first kappa shape index (κ1) is 20.4. The monoisotopic (exact) mass is 380 g/mol. The Morgan fingerprint density at radius 1 is 1.30 bits per heavy atom. The third-order valence-electron chi connectivity index (χ3n) is 5.92. The lowest BCUT2D eigenvalue weighted by atomic mass is 9.97. The smallest absolute Gasteiger partial charge is 0.317 e. The van der Waals surface area contributed by atoms with E-state index in [1.165, 1.54) is 0 Å². The van der Waals surface area contributed by atoms with Gasteiger partial charge >= 0.3 is 6.03 Å². The van der Waals surface area contributed by atoms with Crippen LogP contribution in [-0.4, -0.2) is 91.6 Å². The minimum atomic E-state index is -0.0281. The number of likely N-dealkylation sites (tertiary alicyclic amines) is 2. The van der Waals surface area contributed by atoms with E-state index < -0.39 is 0 Å². The molecule has 2 amide bonds. The number of hydrogen-bond acceptors (Lipinski definition) is 6. The van der Waals surface area contributed by atoms with Crippen molar-refractivity contribution in [3.05, 3.63) is 12.3 Å². The molecule has 3 atom stereocenters. The van der Waals surface area contributed by atoms with Crippen molar-refractivity contribution in [2.75, 3.05) is 46.4 Å². The highest BCUT2D eigenvalue weighted by atomic mass is 16.5. The lowest BCUT2D eigenvalue weighted by molar-refractivity contribution is -0.0495. The van der Waals surface area contributed by atoms with Gasteiger partial charge in [0.15, 0.2) is 0 Å². The van der Waals surface area contributed by atoms with Gasteiger partial charge < -0.3 is 26.0 Å². The molecule has 0 radical (unpaired) electrons. The number of piperidine rings is 2. The van der Waals surface area contributed by atoms with Gasteiger partial charge in [-0.25, -0.2) is 4.79 Å². The van der Waals surface area contributed by atoms with Crippen LogP contribution in [0, 0.1) is 0 Å². The Bertz CT molecular complexity index is 508. The molecule has 3 aliphatic heterocycles. The number of nitrogens with one attached hydrogen (secondary N) is 2. The molecule has 0 aromatic rings. The summed E-state index contributed by atoms with van der Waals surface area (Å²) in [5, 5.41) is 6.34. The predicted octanol–water partition coefficient (Wildman–Crippen LogP) is 0.321. The van der Waals surface area contributed by atoms with E-state index in [0.29, 0.717) is 13.2 Å². The second-order valence-electron chi connectivity index (χ2n) is 7.85. The van der Waals surface area contributed by atoms with Crippen molar-refractivity contribution in [2.45, 2.75) is 57.1 Å². The second-order valence-corrected chi connectivity index (χ2v) is 7.85. The Balaban J connectivity index is 1.46. The summed E-state index contributed by atoms with van der Waals surface area (Å²) >= 11 is 0. The highest BCUT2D eigenvalue weighted by molar-refractivity contribution is 5.74. The number of hydrogen-bond donors (Lipinski definition) is 3. The van der Waals surface area contributed by atoms with Crippen molar-refractivity contribution in [2.24, 2.45) is 5.73 Å². The number of amides is 2. The van der Waals surface area contributed by atoms with E-state index in [1.807, 2.05) is 18.0 Å². The molecule has 3 unspecified atom stereocenters. The lowest BCUT2D eigenvalue weighted by Gasteiger charge is -2.43. The molecule has 0 spiro atoms. The summed E-state index contributed by atoms with van der Waals surface area (Å²) in [6.45, 7) is 6.87. The minimum absolute atomic E-state index is 0.00618. The zero-order chi connectivity index (χ0) is 19.2. The average molecular weight is 381 g/mol. The van der Waals surface area contributed by atoms with Crippen LogP contribution >= 0.6 is 0 Å². The first-order valence-electron chi connectivity index (χ1n) is 10.4. The van der Waals surface area contributed by atoms with Gasteiger partial charge in [0.2, 0.25) is 0 Å². The molecule has 8 heteroatoms. The highest BCUT2D eigenvalue weighted by Crippen LogP contribution is 2.21. The zero-order valence-corrected chi connectivity index (χ0v) is 16.8. The van der Waals surface area contributed by atoms with Gasteiger partial charge in [-0.3, -0.25) is 9.80 Å². The molecular weight excluding hydrogens is 344 g/mol. The van der Waals surface area contributed by atoms with Gasteiger partial charge in [-0.2, -0.15) is 0 Å². The number of carbonyl (C=O) groups excluding carboxylic acids is 1. The molecule has 27 heavy (non-hydrogen) atoms. The van der Waals surface area contributed by atoms with Gasteiger partial charge in [0.25, 0.3) is 0 Å². The molecule has 0 aromatic carbocycles. The van der Waals surface area contributed by atoms with Gasteiger partial charge in [0.1, 0.15) is 6.29 Å². The second kappa shape index (κ2) is 9.73. The fourth-order valence-corrected chi connectivity index (χ4v) is 4.31. The normalized spacial score (nSPS) is 30.9. The SMILES string of the molecule is CCNC(=O)N1CCCC(N)C1COC1CCN(C2NC=CCN2C)CC1. The van der Waals surface area contributed by atoms with E-state index in [-0.39, 0.29) is 30.5 Å². The van der Waals surface area contributed by atoms with Crippen molar-refractivity contribution in [3.63, 3.8) is 0 Å².